The molecule has 0 radical (unpaired) electrons. The summed E-state index contributed by atoms with van der Waals surface area (Å²) in [5.41, 5.74) is 48.9. The van der Waals surface area contributed by atoms with E-state index in [1.165, 1.54) is 252 Å². The highest BCUT2D eigenvalue weighted by molar-refractivity contribution is 7.16. The highest BCUT2D eigenvalue weighted by Crippen LogP contribution is 2.68. The Bertz CT molecular complexity index is 8240. The summed E-state index contributed by atoms with van der Waals surface area (Å²) in [5, 5.41) is 0. The molecule has 16 aromatic rings. The van der Waals surface area contributed by atoms with Gasteiger partial charge in [-0.25, -0.2) is 0 Å². The Balaban J connectivity index is 0.750. The minimum Gasteiger partial charge on any atom is -0.492 e. The molecular formula is C135H128N4OS4. The average molecular weight is 1950 g/mol. The summed E-state index contributed by atoms with van der Waals surface area (Å²) in [6.07, 6.45) is 14.9. The first-order valence-electron chi connectivity index (χ1n) is 53.1. The number of aromatic nitrogens is 4. The van der Waals surface area contributed by atoms with Gasteiger partial charge in [0, 0.05) is 106 Å². The SMILES string of the molecule is CCCCCCCCCCCCCCOc1c(C)c(C#Cc2c3c(c(C#CC(C)(C)C)c4c2[C@H]2c5ccccc5[C@H]4c4ccccc42)[C@@H]2c4ccc(C(C)(C)C)cc4[C@@H]3c3ccc(C(C)(C)C)cc32)c2nsnc2c1C#Cc1c2c(c(C#Cc3ccc(-c4ccc(-c5ccc(C(C)(C)C)s5)c5nsnc45)s3)c3c1[C@H]1c4ccccc4[C@H]3c3ccccc31)[C@H]1c3ccc(C(C)(C)C)cc3[C@H]2c2ccc(C(C)(C)C)cc21. The molecule has 4 heterocycles. The van der Waals surface area contributed by atoms with Gasteiger partial charge in [0.1, 0.15) is 27.8 Å². The number of fused-ring (bicyclic) bond motifs is 2. The fraction of sp³-hybridized carbons (Fsp3) is 0.348. The predicted molar refractivity (Wildman–Crippen MR) is 603 cm³/mol. The molecule has 0 unspecified atom stereocenters. The van der Waals surface area contributed by atoms with Crippen LogP contribution in [0, 0.1) is 59.7 Å². The monoisotopic (exact) mass is 1950 g/mol. The topological polar surface area (TPSA) is 60.8 Å². The van der Waals surface area contributed by atoms with Crippen LogP contribution < -0.4 is 4.74 Å². The molecule has 28 rings (SSSR count). The summed E-state index contributed by atoms with van der Waals surface area (Å²) in [6, 6.07) is 81.0. The summed E-state index contributed by atoms with van der Waals surface area (Å²) < 4.78 is 29.0. The molecule has 12 aromatic carbocycles. The smallest absolute Gasteiger partial charge is 0.141 e. The minimum atomic E-state index is -0.300. The largest absolute Gasteiger partial charge is 0.492 e. The second kappa shape index (κ2) is 35.3. The van der Waals surface area contributed by atoms with Gasteiger partial charge < -0.3 is 4.74 Å². The van der Waals surface area contributed by atoms with E-state index in [4.69, 9.17) is 22.2 Å². The summed E-state index contributed by atoms with van der Waals surface area (Å²) in [4.78, 5) is 4.67. The van der Waals surface area contributed by atoms with Gasteiger partial charge in [0.25, 0.3) is 0 Å². The van der Waals surface area contributed by atoms with Crippen LogP contribution in [0.25, 0.3) is 42.9 Å². The third-order valence-electron chi connectivity index (χ3n) is 32.9. The van der Waals surface area contributed by atoms with E-state index in [9.17, 15) is 0 Å². The Morgan fingerprint density at radius 3 is 0.903 bits per heavy atom. The van der Waals surface area contributed by atoms with E-state index in [0.717, 1.165) is 101 Å². The van der Waals surface area contributed by atoms with E-state index in [0.29, 0.717) is 6.61 Å². The first kappa shape index (κ1) is 94.0. The fourth-order valence-corrected chi connectivity index (χ4v) is 28.9. The number of hydrogen-bond donors (Lipinski definition) is 0. The van der Waals surface area contributed by atoms with Crippen molar-refractivity contribution in [1.29, 1.82) is 0 Å². The van der Waals surface area contributed by atoms with Gasteiger partial charge in [-0.1, -0.05) is 411 Å². The predicted octanol–water partition coefficient (Wildman–Crippen LogP) is 34.6. The van der Waals surface area contributed by atoms with Crippen molar-refractivity contribution < 1.29 is 4.74 Å². The standard InChI is InChI=1S/C135H128N4OS4/c1-21-22-23-24-25-26-27-28-29-30-31-40-71-140-129-76(2)82(60-63-98-119-111-87-45-36-38-47-89(87)112(90-48-39-37-46-88(90)111)123(119)100(69-70-130(3,4)5)124-116-94-58-52-79(133(12,13)14)74-104(94)115(122(98)124)93-57-51-80(75-105(93)116)134(15,16)17)125-128(139-143-136-125)101(129)65-64-99-118-110-85-43-34-32-41-83(85)109(84-42-33-35-44-86(84)110)117(118)97(59-53-81-54-66-106(141-81)95-61-62-96(127-126(95)137-144-138-127)107-67-68-108(142-107)135(18,19)20)120-113-91-55-49-78(132(9,10)11)73-103(91)114(121(99)120)92-56-50-77(72-102(92)113)131(6,7)8/h32-39,41-52,54-58,61-62,66-68,72-75,109-116H,21-31,40,71H2,1-20H3/t109-,110-,111-,112-,113-,114+,115-,116+/m0/s1. The Hall–Kier alpha value is -12.3. The Morgan fingerprint density at radius 2 is 0.562 bits per heavy atom. The lowest BCUT2D eigenvalue weighted by Crippen LogP contribution is -2.35. The molecular weight excluding hydrogens is 1820 g/mol. The highest BCUT2D eigenvalue weighted by atomic mass is 32.1. The molecule has 12 aliphatic carbocycles. The molecule has 0 fully saturated rings. The van der Waals surface area contributed by atoms with Crippen molar-refractivity contribution in [1.82, 2.24) is 17.5 Å². The van der Waals surface area contributed by atoms with Gasteiger partial charge in [0.05, 0.1) is 46.1 Å². The molecule has 12 aliphatic rings. The second-order valence-corrected chi connectivity index (χ2v) is 51.7. The van der Waals surface area contributed by atoms with Crippen LogP contribution in [0.1, 0.15) is 460 Å². The number of rotatable bonds is 16. The molecule has 0 saturated carbocycles. The van der Waals surface area contributed by atoms with Crippen molar-refractivity contribution in [2.24, 2.45) is 5.41 Å². The van der Waals surface area contributed by atoms with Crippen LogP contribution in [-0.2, 0) is 27.1 Å². The zero-order valence-corrected chi connectivity index (χ0v) is 90.5. The van der Waals surface area contributed by atoms with Crippen molar-refractivity contribution in [3.05, 3.63) is 411 Å². The minimum absolute atomic E-state index is 0.0386. The lowest BCUT2D eigenvalue weighted by molar-refractivity contribution is 0.302. The molecule has 0 N–H and O–H groups in total. The third-order valence-corrected chi connectivity index (χ3v) is 36.6. The first-order valence-corrected chi connectivity index (χ1v) is 56.2. The summed E-state index contributed by atoms with van der Waals surface area (Å²) in [5.74, 6) is 33.3. The molecule has 9 heteroatoms. The number of nitrogens with zero attached hydrogens (tertiary/aromatic N) is 4. The lowest BCUT2D eigenvalue weighted by atomic mass is 9.53. The number of hydrogen-bond acceptors (Lipinski definition) is 9. The van der Waals surface area contributed by atoms with Crippen LogP contribution in [0.3, 0.4) is 0 Å². The number of benzene rings is 12. The van der Waals surface area contributed by atoms with Crippen LogP contribution in [0.2, 0.25) is 0 Å². The Morgan fingerprint density at radius 1 is 0.271 bits per heavy atom. The van der Waals surface area contributed by atoms with E-state index in [1.807, 2.05) is 11.3 Å². The summed E-state index contributed by atoms with van der Waals surface area (Å²) in [6.45, 7) is 47.2. The average Bonchev–Trinajstić information content (AvgIpc) is 0.759. The van der Waals surface area contributed by atoms with E-state index in [1.54, 1.807) is 11.3 Å². The molecule has 8 bridgehead atoms. The molecule has 0 amide bonds. The highest BCUT2D eigenvalue weighted by Gasteiger charge is 2.55. The van der Waals surface area contributed by atoms with Crippen LogP contribution in [-0.4, -0.2) is 24.1 Å². The van der Waals surface area contributed by atoms with Gasteiger partial charge in [0.2, 0.25) is 0 Å². The molecule has 0 saturated heterocycles. The van der Waals surface area contributed by atoms with E-state index < -0.39 is 0 Å². The molecule has 718 valence electrons. The van der Waals surface area contributed by atoms with Gasteiger partial charge in [-0.3, -0.25) is 0 Å². The van der Waals surface area contributed by atoms with Gasteiger partial charge in [-0.05, 0) is 241 Å². The van der Waals surface area contributed by atoms with Crippen molar-refractivity contribution in [2.75, 3.05) is 6.61 Å². The number of ether oxygens (including phenoxy) is 1. The van der Waals surface area contributed by atoms with Crippen molar-refractivity contribution in [3.8, 4) is 74.0 Å². The molecule has 4 aromatic heterocycles. The first-order chi connectivity index (χ1) is 69.2. The molecule has 5 nitrogen and oxygen atoms in total. The van der Waals surface area contributed by atoms with Crippen molar-refractivity contribution in [2.45, 2.75) is 290 Å². The normalized spacial score (nSPS) is 17.9. The van der Waals surface area contributed by atoms with Gasteiger partial charge in [-0.15, -0.1) is 22.7 Å². The van der Waals surface area contributed by atoms with E-state index >= 15 is 0 Å². The lowest BCUT2D eigenvalue weighted by Gasteiger charge is -2.49. The second-order valence-electron chi connectivity index (χ2n) is 48.5. The van der Waals surface area contributed by atoms with E-state index in [2.05, 4.69) is 392 Å². The van der Waals surface area contributed by atoms with Gasteiger partial charge in [-0.2, -0.15) is 17.5 Å². The Kier molecular flexibility index (Phi) is 23.0. The third kappa shape index (κ3) is 15.5. The maximum Gasteiger partial charge on any atom is 0.141 e. The maximum absolute atomic E-state index is 7.77. The molecule has 144 heavy (non-hydrogen) atoms. The van der Waals surface area contributed by atoms with Crippen LogP contribution in [0.5, 0.6) is 5.75 Å². The Labute approximate surface area is 870 Å². The number of thiophene rings is 2. The van der Waals surface area contributed by atoms with E-state index in [-0.39, 0.29) is 79.8 Å². The molecule has 0 spiro atoms. The van der Waals surface area contributed by atoms with Gasteiger partial charge in [0.15, 0.2) is 0 Å². The zero-order valence-electron chi connectivity index (χ0n) is 87.3. The van der Waals surface area contributed by atoms with Crippen LogP contribution in [0.15, 0.2) is 206 Å². The summed E-state index contributed by atoms with van der Waals surface area (Å²) in [7, 11) is 0. The zero-order chi connectivity index (χ0) is 99.4. The quantitative estimate of drug-likeness (QED) is 0.0713. The maximum atomic E-state index is 7.77. The van der Waals surface area contributed by atoms with Gasteiger partial charge >= 0.3 is 0 Å². The molecule has 4 atom stereocenters. The fourth-order valence-electron chi connectivity index (χ4n) is 25.8. The van der Waals surface area contributed by atoms with Crippen LogP contribution >= 0.6 is 46.1 Å². The van der Waals surface area contributed by atoms with Crippen LogP contribution in [0.4, 0.5) is 0 Å². The summed E-state index contributed by atoms with van der Waals surface area (Å²) >= 11 is 6.16. The van der Waals surface area contributed by atoms with Crippen molar-refractivity contribution in [3.63, 3.8) is 0 Å². The van der Waals surface area contributed by atoms with Crippen molar-refractivity contribution >= 4 is 68.2 Å². The molecule has 0 aliphatic heterocycles. The number of unbranched alkanes of at least 4 members (excludes halogenated alkanes) is 11.